The zero-order chi connectivity index (χ0) is 16.1. The van der Waals surface area contributed by atoms with E-state index in [9.17, 15) is 4.79 Å². The number of rotatable bonds is 5. The van der Waals surface area contributed by atoms with Gasteiger partial charge in [-0.3, -0.25) is 0 Å². The molecule has 1 aliphatic rings. The largest absolute Gasteiger partial charge is 0.396 e. The van der Waals surface area contributed by atoms with Crippen LogP contribution in [0.5, 0.6) is 0 Å². The van der Waals surface area contributed by atoms with Crippen molar-refractivity contribution in [3.8, 4) is 0 Å². The van der Waals surface area contributed by atoms with Crippen molar-refractivity contribution in [2.45, 2.75) is 25.3 Å². The summed E-state index contributed by atoms with van der Waals surface area (Å²) in [6.07, 6.45) is 2.60. The Morgan fingerprint density at radius 2 is 2.30 bits per heavy atom. The standard InChI is InChI=1S/C16H22N4O2S/c21-10-4-8-17-15(22)18-12-5-3-9-20(11-12)16-19-13-6-1-2-7-14(13)23-16/h1-2,6-7,12,21H,3-5,8-11H2,(H2,17,18,22). The van der Waals surface area contributed by atoms with Crippen molar-refractivity contribution in [3.63, 3.8) is 0 Å². The Labute approximate surface area is 139 Å². The van der Waals surface area contributed by atoms with E-state index < -0.39 is 0 Å². The number of carbonyl (C=O) groups excluding carboxylic acids is 1. The number of amides is 2. The number of aliphatic hydroxyl groups excluding tert-OH is 1. The minimum Gasteiger partial charge on any atom is -0.396 e. The summed E-state index contributed by atoms with van der Waals surface area (Å²) >= 11 is 1.70. The lowest BCUT2D eigenvalue weighted by Gasteiger charge is -2.32. The van der Waals surface area contributed by atoms with Crippen molar-refractivity contribution >= 4 is 32.7 Å². The quantitative estimate of drug-likeness (QED) is 0.731. The number of nitrogens with zero attached hydrogens (tertiary/aromatic N) is 2. The van der Waals surface area contributed by atoms with Crippen molar-refractivity contribution < 1.29 is 9.90 Å². The van der Waals surface area contributed by atoms with Gasteiger partial charge < -0.3 is 20.6 Å². The van der Waals surface area contributed by atoms with E-state index in [0.29, 0.717) is 13.0 Å². The maximum Gasteiger partial charge on any atom is 0.315 e. The number of para-hydroxylation sites is 1. The van der Waals surface area contributed by atoms with Gasteiger partial charge in [-0.2, -0.15) is 0 Å². The number of hydrogen-bond donors (Lipinski definition) is 3. The Morgan fingerprint density at radius 3 is 3.13 bits per heavy atom. The number of carbonyl (C=O) groups is 1. The second kappa shape index (κ2) is 7.61. The van der Waals surface area contributed by atoms with Gasteiger partial charge in [-0.05, 0) is 31.4 Å². The fourth-order valence-electron chi connectivity index (χ4n) is 2.78. The number of piperidine rings is 1. The van der Waals surface area contributed by atoms with Gasteiger partial charge in [-0.25, -0.2) is 9.78 Å². The molecule has 1 unspecified atom stereocenters. The Bertz CT molecular complexity index is 627. The van der Waals surface area contributed by atoms with Gasteiger partial charge >= 0.3 is 6.03 Å². The van der Waals surface area contributed by atoms with Crippen molar-refractivity contribution in [1.29, 1.82) is 0 Å². The first-order valence-electron chi connectivity index (χ1n) is 8.02. The maximum absolute atomic E-state index is 11.8. The molecule has 1 aromatic heterocycles. The molecule has 3 N–H and O–H groups in total. The average molecular weight is 334 g/mol. The number of aliphatic hydroxyl groups is 1. The minimum atomic E-state index is -0.158. The fourth-order valence-corrected chi connectivity index (χ4v) is 3.78. The molecule has 0 saturated carbocycles. The molecule has 1 aliphatic heterocycles. The van der Waals surface area contributed by atoms with E-state index in [2.05, 4.69) is 21.6 Å². The predicted molar refractivity (Wildman–Crippen MR) is 93.1 cm³/mol. The van der Waals surface area contributed by atoms with Crippen LogP contribution in [0.4, 0.5) is 9.93 Å². The highest BCUT2D eigenvalue weighted by atomic mass is 32.1. The number of benzene rings is 1. The van der Waals surface area contributed by atoms with E-state index in [4.69, 9.17) is 10.1 Å². The summed E-state index contributed by atoms with van der Waals surface area (Å²) in [5.41, 5.74) is 1.03. The van der Waals surface area contributed by atoms with Gasteiger partial charge in [0.25, 0.3) is 0 Å². The summed E-state index contributed by atoms with van der Waals surface area (Å²) in [6.45, 7) is 2.35. The van der Waals surface area contributed by atoms with Crippen LogP contribution in [0.3, 0.4) is 0 Å². The van der Waals surface area contributed by atoms with Gasteiger partial charge in [0, 0.05) is 32.3 Å². The number of fused-ring (bicyclic) bond motifs is 1. The third-order valence-corrected chi connectivity index (χ3v) is 5.03. The Morgan fingerprint density at radius 1 is 1.43 bits per heavy atom. The van der Waals surface area contributed by atoms with Gasteiger partial charge in [-0.1, -0.05) is 23.5 Å². The molecule has 124 valence electrons. The van der Waals surface area contributed by atoms with E-state index in [1.54, 1.807) is 11.3 Å². The van der Waals surface area contributed by atoms with Crippen LogP contribution in [0.1, 0.15) is 19.3 Å². The molecule has 23 heavy (non-hydrogen) atoms. The number of nitrogens with one attached hydrogen (secondary N) is 2. The lowest BCUT2D eigenvalue weighted by Crippen LogP contribution is -2.50. The van der Waals surface area contributed by atoms with E-state index in [0.717, 1.165) is 36.6 Å². The van der Waals surface area contributed by atoms with Crippen molar-refractivity contribution in [3.05, 3.63) is 24.3 Å². The topological polar surface area (TPSA) is 77.5 Å². The first-order valence-corrected chi connectivity index (χ1v) is 8.83. The average Bonchev–Trinajstić information content (AvgIpc) is 2.99. The first kappa shape index (κ1) is 16.0. The molecule has 2 aromatic rings. The summed E-state index contributed by atoms with van der Waals surface area (Å²) in [4.78, 5) is 18.8. The van der Waals surface area contributed by atoms with Crippen LogP contribution in [-0.4, -0.2) is 48.4 Å². The van der Waals surface area contributed by atoms with Gasteiger partial charge in [0.15, 0.2) is 5.13 Å². The van der Waals surface area contributed by atoms with E-state index in [1.165, 1.54) is 4.70 Å². The molecular formula is C16H22N4O2S. The van der Waals surface area contributed by atoms with E-state index >= 15 is 0 Å². The zero-order valence-electron chi connectivity index (χ0n) is 13.0. The molecule has 7 heteroatoms. The molecular weight excluding hydrogens is 312 g/mol. The lowest BCUT2D eigenvalue weighted by atomic mass is 10.1. The number of urea groups is 1. The molecule has 2 amide bonds. The zero-order valence-corrected chi connectivity index (χ0v) is 13.8. The number of aromatic nitrogens is 1. The van der Waals surface area contributed by atoms with Crippen molar-refractivity contribution in [2.75, 3.05) is 31.1 Å². The van der Waals surface area contributed by atoms with Crippen LogP contribution in [0.2, 0.25) is 0 Å². The third-order valence-electron chi connectivity index (χ3n) is 3.93. The second-order valence-electron chi connectivity index (χ2n) is 5.73. The molecule has 0 aliphatic carbocycles. The summed E-state index contributed by atoms with van der Waals surface area (Å²) in [5.74, 6) is 0. The molecule has 0 bridgehead atoms. The molecule has 0 radical (unpaired) electrons. The molecule has 3 rings (SSSR count). The van der Waals surface area contributed by atoms with Crippen LogP contribution >= 0.6 is 11.3 Å². The monoisotopic (exact) mass is 334 g/mol. The Kier molecular flexibility index (Phi) is 5.30. The van der Waals surface area contributed by atoms with Crippen molar-refractivity contribution in [2.24, 2.45) is 0 Å². The highest BCUT2D eigenvalue weighted by Crippen LogP contribution is 2.30. The van der Waals surface area contributed by atoms with E-state index in [-0.39, 0.29) is 18.7 Å². The highest BCUT2D eigenvalue weighted by Gasteiger charge is 2.23. The summed E-state index contributed by atoms with van der Waals surface area (Å²) in [7, 11) is 0. The van der Waals surface area contributed by atoms with Gasteiger partial charge in [0.2, 0.25) is 0 Å². The smallest absolute Gasteiger partial charge is 0.315 e. The van der Waals surface area contributed by atoms with Crippen LogP contribution in [0.25, 0.3) is 10.2 Å². The minimum absolute atomic E-state index is 0.0924. The lowest BCUT2D eigenvalue weighted by molar-refractivity contribution is 0.232. The number of anilines is 1. The second-order valence-corrected chi connectivity index (χ2v) is 6.74. The highest BCUT2D eigenvalue weighted by molar-refractivity contribution is 7.22. The molecule has 6 nitrogen and oxygen atoms in total. The van der Waals surface area contributed by atoms with E-state index in [1.807, 2.05) is 18.2 Å². The number of thiazole rings is 1. The first-order chi connectivity index (χ1) is 11.3. The van der Waals surface area contributed by atoms with Crippen LogP contribution in [-0.2, 0) is 0 Å². The normalized spacial score (nSPS) is 18.1. The third kappa shape index (κ3) is 4.11. The predicted octanol–water partition coefficient (Wildman–Crippen LogP) is 1.95. The summed E-state index contributed by atoms with van der Waals surface area (Å²) in [5, 5.41) is 15.5. The molecule has 2 heterocycles. The Balaban J connectivity index is 1.58. The van der Waals surface area contributed by atoms with Crippen LogP contribution in [0.15, 0.2) is 24.3 Å². The molecule has 1 aromatic carbocycles. The SMILES string of the molecule is O=C(NCCCO)NC1CCCN(c2nc3ccccc3s2)C1. The van der Waals surface area contributed by atoms with Gasteiger partial charge in [0.05, 0.1) is 10.2 Å². The van der Waals surface area contributed by atoms with Gasteiger partial charge in [-0.15, -0.1) is 0 Å². The van der Waals surface area contributed by atoms with Crippen LogP contribution in [0, 0.1) is 0 Å². The Hall–Kier alpha value is -1.86. The molecule has 1 atom stereocenters. The van der Waals surface area contributed by atoms with Gasteiger partial charge in [0.1, 0.15) is 0 Å². The maximum atomic E-state index is 11.8. The van der Waals surface area contributed by atoms with Crippen molar-refractivity contribution in [1.82, 2.24) is 15.6 Å². The van der Waals surface area contributed by atoms with Crippen LogP contribution < -0.4 is 15.5 Å². The summed E-state index contributed by atoms with van der Waals surface area (Å²) < 4.78 is 1.19. The molecule has 1 fully saturated rings. The summed E-state index contributed by atoms with van der Waals surface area (Å²) in [6, 6.07) is 8.12. The fraction of sp³-hybridized carbons (Fsp3) is 0.500. The molecule has 1 saturated heterocycles. The molecule has 0 spiro atoms. The number of hydrogen-bond acceptors (Lipinski definition) is 5.